The number of aromatic nitrogens is 3. The van der Waals surface area contributed by atoms with Crippen LogP contribution in [0.1, 0.15) is 21.7 Å². The maximum atomic E-state index is 15.1. The van der Waals surface area contributed by atoms with Crippen LogP contribution in [-0.2, 0) is 0 Å². The van der Waals surface area contributed by atoms with Crippen LogP contribution in [0.4, 0.5) is 14.5 Å². The van der Waals surface area contributed by atoms with Gasteiger partial charge in [0.15, 0.2) is 17.3 Å². The van der Waals surface area contributed by atoms with Crippen molar-refractivity contribution in [2.45, 2.75) is 13.8 Å². The number of hydrogen-bond donors (Lipinski definition) is 2. The number of pyridine rings is 3. The number of rotatable bonds is 7. The lowest BCUT2D eigenvalue weighted by Crippen LogP contribution is -2.16. The lowest BCUT2D eigenvalue weighted by molar-refractivity contribution is 0.102. The van der Waals surface area contributed by atoms with Crippen molar-refractivity contribution in [3.8, 4) is 39.9 Å². The summed E-state index contributed by atoms with van der Waals surface area (Å²) in [5.74, 6) is -1.65. The summed E-state index contributed by atoms with van der Waals surface area (Å²) in [6.07, 6.45) is 3.00. The Morgan fingerprint density at radius 3 is 2.37 bits per heavy atom. The van der Waals surface area contributed by atoms with E-state index >= 15 is 4.39 Å². The highest BCUT2D eigenvalue weighted by atomic mass is 19.1. The van der Waals surface area contributed by atoms with Gasteiger partial charge in [-0.05, 0) is 38.1 Å². The molecule has 9 nitrogen and oxygen atoms in total. The van der Waals surface area contributed by atoms with Crippen LogP contribution in [-0.4, -0.2) is 40.2 Å². The Balaban J connectivity index is 1.42. The Bertz CT molecular complexity index is 1810. The number of ether oxygens (including phenoxy) is 3. The molecule has 0 aliphatic heterocycles. The number of aromatic hydroxyl groups is 1. The molecule has 0 aliphatic carbocycles. The molecule has 5 rings (SSSR count). The third kappa shape index (κ3) is 5.29. The normalized spacial score (nSPS) is 10.9. The molecule has 0 atom stereocenters. The molecule has 3 aromatic heterocycles. The predicted molar refractivity (Wildman–Crippen MR) is 148 cm³/mol. The van der Waals surface area contributed by atoms with Crippen molar-refractivity contribution < 1.29 is 32.9 Å². The van der Waals surface area contributed by atoms with Gasteiger partial charge in [-0.1, -0.05) is 0 Å². The van der Waals surface area contributed by atoms with E-state index in [1.807, 2.05) is 0 Å². The van der Waals surface area contributed by atoms with Gasteiger partial charge in [-0.2, -0.15) is 0 Å². The van der Waals surface area contributed by atoms with E-state index in [0.29, 0.717) is 28.2 Å². The highest BCUT2D eigenvalue weighted by Gasteiger charge is 2.24. The molecule has 0 aliphatic rings. The first kappa shape index (κ1) is 27.3. The molecule has 0 fully saturated rings. The molecule has 2 N–H and O–H groups in total. The van der Waals surface area contributed by atoms with Crippen LogP contribution in [0.2, 0.25) is 0 Å². The zero-order valence-electron chi connectivity index (χ0n) is 22.5. The Labute approximate surface area is 233 Å². The fourth-order valence-corrected chi connectivity index (χ4v) is 4.41. The van der Waals surface area contributed by atoms with Gasteiger partial charge in [0, 0.05) is 53.0 Å². The van der Waals surface area contributed by atoms with Crippen LogP contribution in [0, 0.1) is 25.5 Å². The molecule has 0 bridgehead atoms. The first-order valence-electron chi connectivity index (χ1n) is 12.3. The summed E-state index contributed by atoms with van der Waals surface area (Å²) in [6, 6.07) is 11.2. The smallest absolute Gasteiger partial charge is 0.261 e. The van der Waals surface area contributed by atoms with Gasteiger partial charge in [0.25, 0.3) is 5.91 Å². The van der Waals surface area contributed by atoms with Gasteiger partial charge in [-0.3, -0.25) is 14.8 Å². The number of fused-ring (bicyclic) bond motifs is 1. The molecule has 0 spiro atoms. The number of amides is 1. The Kier molecular flexibility index (Phi) is 7.34. The second-order valence-corrected chi connectivity index (χ2v) is 8.98. The van der Waals surface area contributed by atoms with E-state index in [-0.39, 0.29) is 39.6 Å². The van der Waals surface area contributed by atoms with Crippen molar-refractivity contribution in [1.82, 2.24) is 15.0 Å². The minimum atomic E-state index is -0.759. The molecule has 5 aromatic rings. The summed E-state index contributed by atoms with van der Waals surface area (Å²) in [5.41, 5.74) is 1.48. The molecule has 3 heterocycles. The van der Waals surface area contributed by atoms with Crippen LogP contribution < -0.4 is 19.5 Å². The summed E-state index contributed by atoms with van der Waals surface area (Å²) in [4.78, 5) is 26.1. The quantitative estimate of drug-likeness (QED) is 0.237. The lowest BCUT2D eigenvalue weighted by Gasteiger charge is -2.16. The van der Waals surface area contributed by atoms with Crippen LogP contribution in [0.5, 0.6) is 28.7 Å². The van der Waals surface area contributed by atoms with Gasteiger partial charge < -0.3 is 24.6 Å². The van der Waals surface area contributed by atoms with E-state index in [9.17, 15) is 14.3 Å². The number of nitrogens with one attached hydrogen (secondary N) is 1. The zero-order valence-corrected chi connectivity index (χ0v) is 22.5. The van der Waals surface area contributed by atoms with Gasteiger partial charge in [-0.15, -0.1) is 0 Å². The molecule has 41 heavy (non-hydrogen) atoms. The number of carbonyl (C=O) groups excluding carboxylic acids is 1. The van der Waals surface area contributed by atoms with E-state index in [1.54, 1.807) is 19.1 Å². The Morgan fingerprint density at radius 2 is 1.66 bits per heavy atom. The fraction of sp³-hybridized carbons (Fsp3) is 0.133. The van der Waals surface area contributed by atoms with E-state index in [2.05, 4.69) is 20.3 Å². The maximum absolute atomic E-state index is 15.1. The minimum Gasteiger partial charge on any atom is -0.506 e. The van der Waals surface area contributed by atoms with Crippen molar-refractivity contribution in [2.24, 2.45) is 0 Å². The van der Waals surface area contributed by atoms with E-state index in [1.165, 1.54) is 63.9 Å². The molecule has 208 valence electrons. The van der Waals surface area contributed by atoms with Crippen molar-refractivity contribution in [3.05, 3.63) is 89.5 Å². The van der Waals surface area contributed by atoms with Gasteiger partial charge in [0.05, 0.1) is 31.6 Å². The molecule has 2 aromatic carbocycles. The van der Waals surface area contributed by atoms with Crippen LogP contribution >= 0.6 is 0 Å². The second kappa shape index (κ2) is 11.0. The number of carbonyl (C=O) groups is 1. The summed E-state index contributed by atoms with van der Waals surface area (Å²) in [6.45, 7) is 3.13. The van der Waals surface area contributed by atoms with E-state index in [0.717, 1.165) is 6.07 Å². The highest BCUT2D eigenvalue weighted by molar-refractivity contribution is 6.08. The van der Waals surface area contributed by atoms with Crippen LogP contribution in [0.25, 0.3) is 22.2 Å². The highest BCUT2D eigenvalue weighted by Crippen LogP contribution is 2.39. The fourth-order valence-electron chi connectivity index (χ4n) is 4.41. The summed E-state index contributed by atoms with van der Waals surface area (Å²) >= 11 is 0. The van der Waals surface area contributed by atoms with E-state index < -0.39 is 23.3 Å². The molecule has 11 heteroatoms. The third-order valence-corrected chi connectivity index (χ3v) is 6.37. The molecule has 0 saturated heterocycles. The number of methoxy groups -OCH3 is 2. The molecular formula is C30H24F2N4O5. The monoisotopic (exact) mass is 558 g/mol. The first-order valence-corrected chi connectivity index (χ1v) is 12.3. The number of halogens is 2. The molecule has 0 unspecified atom stereocenters. The summed E-state index contributed by atoms with van der Waals surface area (Å²) in [7, 11) is 2.92. The third-order valence-electron chi connectivity index (χ3n) is 6.37. The first-order chi connectivity index (χ1) is 19.7. The average molecular weight is 559 g/mol. The van der Waals surface area contributed by atoms with Gasteiger partial charge >= 0.3 is 0 Å². The Hall–Kier alpha value is -5.32. The SMILES string of the molecule is COc1ccc(-c2c(C)nc(C)c(C(=O)Nc3ccc(Oc4ccnc5cc(OC)cnc45)c(F)c3)c2O)c(F)c1. The van der Waals surface area contributed by atoms with Crippen molar-refractivity contribution >= 4 is 22.6 Å². The Morgan fingerprint density at radius 1 is 0.878 bits per heavy atom. The number of benzene rings is 2. The number of nitrogens with zero attached hydrogens (tertiary/aromatic N) is 3. The number of aryl methyl sites for hydroxylation is 2. The van der Waals surface area contributed by atoms with Gasteiger partial charge in [0.2, 0.25) is 0 Å². The van der Waals surface area contributed by atoms with Gasteiger partial charge in [-0.25, -0.2) is 13.8 Å². The topological polar surface area (TPSA) is 116 Å². The van der Waals surface area contributed by atoms with Crippen molar-refractivity contribution in [2.75, 3.05) is 19.5 Å². The maximum Gasteiger partial charge on any atom is 0.261 e. The molecule has 0 saturated carbocycles. The molecular weight excluding hydrogens is 534 g/mol. The van der Waals surface area contributed by atoms with Crippen LogP contribution in [0.3, 0.4) is 0 Å². The largest absolute Gasteiger partial charge is 0.506 e. The number of hydrogen-bond acceptors (Lipinski definition) is 8. The predicted octanol–water partition coefficient (Wildman–Crippen LogP) is 6.35. The molecule has 0 radical (unpaired) electrons. The summed E-state index contributed by atoms with van der Waals surface area (Å²) < 4.78 is 45.9. The van der Waals surface area contributed by atoms with Crippen molar-refractivity contribution in [3.63, 3.8) is 0 Å². The summed E-state index contributed by atoms with van der Waals surface area (Å²) in [5, 5.41) is 13.6. The second-order valence-electron chi connectivity index (χ2n) is 8.98. The van der Waals surface area contributed by atoms with E-state index in [4.69, 9.17) is 14.2 Å². The number of anilines is 1. The average Bonchev–Trinajstić information content (AvgIpc) is 2.94. The minimum absolute atomic E-state index is 0.0477. The van der Waals surface area contributed by atoms with Gasteiger partial charge in [0.1, 0.15) is 34.1 Å². The standard InChI is InChI=1S/C30H24F2N4O5/c1-15-26(20-7-6-18(39-3)12-21(20)31)29(37)27(16(2)35-15)30(38)36-17-5-8-24(22(32)11-17)41-25-9-10-33-23-13-19(40-4)14-34-28(23)25/h5-14H,1-4H3,(H,35,37)(H,36,38). The van der Waals surface area contributed by atoms with Crippen LogP contribution in [0.15, 0.2) is 60.9 Å². The zero-order chi connectivity index (χ0) is 29.3. The molecule has 1 amide bonds. The lowest BCUT2D eigenvalue weighted by atomic mass is 9.98. The van der Waals surface area contributed by atoms with Crippen molar-refractivity contribution in [1.29, 1.82) is 0 Å².